The van der Waals surface area contributed by atoms with E-state index in [2.05, 4.69) is 15.8 Å². The molecule has 1 aliphatic heterocycles. The molecule has 0 spiro atoms. The Bertz CT molecular complexity index is 986. The molecule has 1 saturated heterocycles. The molecule has 0 saturated carbocycles. The van der Waals surface area contributed by atoms with Crippen molar-refractivity contribution in [2.24, 2.45) is 0 Å². The molecule has 3 aromatic rings. The van der Waals surface area contributed by atoms with Gasteiger partial charge in [-0.25, -0.2) is 15.3 Å². The van der Waals surface area contributed by atoms with Crippen molar-refractivity contribution in [2.75, 3.05) is 10.3 Å². The van der Waals surface area contributed by atoms with E-state index in [-0.39, 0.29) is 18.2 Å². The summed E-state index contributed by atoms with van der Waals surface area (Å²) in [6, 6.07) is 12.2. The first-order chi connectivity index (χ1) is 12.5. The smallest absolute Gasteiger partial charge is 0.253 e. The van der Waals surface area contributed by atoms with E-state index in [1.165, 1.54) is 16.2 Å². The van der Waals surface area contributed by atoms with Gasteiger partial charge in [-0.3, -0.25) is 15.0 Å². The average molecular weight is 387 g/mol. The first-order valence-electron chi connectivity index (χ1n) is 8.03. The molecule has 2 N–H and O–H groups in total. The third kappa shape index (κ3) is 3.05. The number of aromatic nitrogens is 1. The average Bonchev–Trinajstić information content (AvgIpc) is 3.14. The highest BCUT2D eigenvalue weighted by molar-refractivity contribution is 7.22. The summed E-state index contributed by atoms with van der Waals surface area (Å²) in [7, 11) is 0. The van der Waals surface area contributed by atoms with Crippen LogP contribution in [0, 0.1) is 6.92 Å². The molecule has 0 bridgehead atoms. The second kappa shape index (κ2) is 6.68. The van der Waals surface area contributed by atoms with Crippen LogP contribution in [0.25, 0.3) is 10.2 Å². The second-order valence-electron chi connectivity index (χ2n) is 6.01. The topological polar surface area (TPSA) is 74.3 Å². The van der Waals surface area contributed by atoms with Crippen LogP contribution in [0.4, 0.5) is 10.8 Å². The minimum atomic E-state index is -0.649. The SMILES string of the molecule is Cc1cc(Cl)ccc1N1C(=O)C[C@H](NNc2nc3ccccc3s2)C1=O. The molecule has 1 fully saturated rings. The van der Waals surface area contributed by atoms with Gasteiger partial charge in [0.2, 0.25) is 5.91 Å². The van der Waals surface area contributed by atoms with Crippen LogP contribution in [-0.4, -0.2) is 22.8 Å². The molecule has 8 heteroatoms. The van der Waals surface area contributed by atoms with Gasteiger partial charge in [0.15, 0.2) is 5.13 Å². The molecule has 2 amide bonds. The summed E-state index contributed by atoms with van der Waals surface area (Å²) < 4.78 is 1.05. The predicted octanol–water partition coefficient (Wildman–Crippen LogP) is 3.51. The van der Waals surface area contributed by atoms with Crippen LogP contribution in [0.1, 0.15) is 12.0 Å². The number of fused-ring (bicyclic) bond motifs is 1. The lowest BCUT2D eigenvalue weighted by molar-refractivity contribution is -0.121. The monoisotopic (exact) mass is 386 g/mol. The Labute approximate surface area is 158 Å². The number of imide groups is 1. The minimum Gasteiger partial charge on any atom is -0.296 e. The number of para-hydroxylation sites is 1. The quantitative estimate of drug-likeness (QED) is 0.530. The van der Waals surface area contributed by atoms with Crippen molar-refractivity contribution in [1.82, 2.24) is 10.4 Å². The van der Waals surface area contributed by atoms with Crippen molar-refractivity contribution in [3.05, 3.63) is 53.1 Å². The molecular formula is C18H15ClN4O2S. The zero-order valence-electron chi connectivity index (χ0n) is 13.8. The molecule has 0 aliphatic carbocycles. The lowest BCUT2D eigenvalue weighted by atomic mass is 10.2. The van der Waals surface area contributed by atoms with Crippen LogP contribution in [0.5, 0.6) is 0 Å². The second-order valence-corrected chi connectivity index (χ2v) is 7.48. The van der Waals surface area contributed by atoms with Crippen molar-refractivity contribution in [2.45, 2.75) is 19.4 Å². The number of thiazole rings is 1. The van der Waals surface area contributed by atoms with Gasteiger partial charge in [-0.2, -0.15) is 0 Å². The third-order valence-corrected chi connectivity index (χ3v) is 5.38. The summed E-state index contributed by atoms with van der Waals surface area (Å²) in [6.45, 7) is 1.82. The summed E-state index contributed by atoms with van der Waals surface area (Å²) >= 11 is 7.43. The molecule has 2 aromatic carbocycles. The summed E-state index contributed by atoms with van der Waals surface area (Å²) in [4.78, 5) is 30.7. The zero-order valence-corrected chi connectivity index (χ0v) is 15.4. The Hall–Kier alpha value is -2.48. The van der Waals surface area contributed by atoms with Gasteiger partial charge in [-0.05, 0) is 42.8 Å². The Morgan fingerprint density at radius 2 is 2.04 bits per heavy atom. The Kier molecular flexibility index (Phi) is 4.36. The molecule has 1 aromatic heterocycles. The fourth-order valence-electron chi connectivity index (χ4n) is 2.94. The lowest BCUT2D eigenvalue weighted by Gasteiger charge is -2.18. The maximum Gasteiger partial charge on any atom is 0.253 e. The number of rotatable bonds is 4. The number of amides is 2. The van der Waals surface area contributed by atoms with E-state index in [0.29, 0.717) is 15.8 Å². The van der Waals surface area contributed by atoms with E-state index < -0.39 is 6.04 Å². The predicted molar refractivity (Wildman–Crippen MR) is 103 cm³/mol. The summed E-state index contributed by atoms with van der Waals surface area (Å²) in [5.41, 5.74) is 8.11. The van der Waals surface area contributed by atoms with Crippen molar-refractivity contribution in [1.29, 1.82) is 0 Å². The Morgan fingerprint density at radius 3 is 2.81 bits per heavy atom. The van der Waals surface area contributed by atoms with Crippen molar-refractivity contribution < 1.29 is 9.59 Å². The van der Waals surface area contributed by atoms with Gasteiger partial charge in [0.1, 0.15) is 6.04 Å². The maximum absolute atomic E-state index is 12.7. The summed E-state index contributed by atoms with van der Waals surface area (Å²) in [5.74, 6) is -0.543. The number of nitrogens with zero attached hydrogens (tertiary/aromatic N) is 2. The molecular weight excluding hydrogens is 372 g/mol. The third-order valence-electron chi connectivity index (χ3n) is 4.19. The molecule has 0 unspecified atom stereocenters. The molecule has 1 atom stereocenters. The number of hydrogen-bond donors (Lipinski definition) is 2. The Morgan fingerprint density at radius 1 is 1.23 bits per heavy atom. The van der Waals surface area contributed by atoms with E-state index in [4.69, 9.17) is 11.6 Å². The molecule has 2 heterocycles. The highest BCUT2D eigenvalue weighted by Crippen LogP contribution is 2.29. The number of nitrogens with one attached hydrogen (secondary N) is 2. The number of hydrazine groups is 1. The molecule has 4 rings (SSSR count). The number of halogens is 1. The lowest BCUT2D eigenvalue weighted by Crippen LogP contribution is -2.41. The minimum absolute atomic E-state index is 0.0821. The van der Waals surface area contributed by atoms with Crippen LogP contribution < -0.4 is 15.8 Å². The van der Waals surface area contributed by atoms with Crippen molar-refractivity contribution in [3.8, 4) is 0 Å². The van der Waals surface area contributed by atoms with Crippen molar-refractivity contribution >= 4 is 55.8 Å². The van der Waals surface area contributed by atoms with Crippen molar-refractivity contribution in [3.63, 3.8) is 0 Å². The molecule has 26 heavy (non-hydrogen) atoms. The standard InChI is InChI=1S/C18H15ClN4O2S/c1-10-8-11(19)6-7-14(10)23-16(24)9-13(17(23)25)21-22-18-20-12-4-2-3-5-15(12)26-18/h2-8,13,21H,9H2,1H3,(H,20,22)/t13-/m0/s1. The van der Waals surface area contributed by atoms with E-state index in [1.54, 1.807) is 18.2 Å². The van der Waals surface area contributed by atoms with Gasteiger partial charge >= 0.3 is 0 Å². The highest BCUT2D eigenvalue weighted by atomic mass is 35.5. The first-order valence-corrected chi connectivity index (χ1v) is 9.22. The normalized spacial score (nSPS) is 17.3. The highest BCUT2D eigenvalue weighted by Gasteiger charge is 2.40. The number of hydrogen-bond acceptors (Lipinski definition) is 6. The van der Waals surface area contributed by atoms with Crippen LogP contribution >= 0.6 is 22.9 Å². The van der Waals surface area contributed by atoms with Crippen LogP contribution in [0.2, 0.25) is 5.02 Å². The van der Waals surface area contributed by atoms with Gasteiger partial charge in [-0.1, -0.05) is 35.1 Å². The van der Waals surface area contributed by atoms with Crippen LogP contribution in [0.15, 0.2) is 42.5 Å². The fourth-order valence-corrected chi connectivity index (χ4v) is 4.00. The van der Waals surface area contributed by atoms with Gasteiger partial charge in [0, 0.05) is 5.02 Å². The Balaban J connectivity index is 1.50. The van der Waals surface area contributed by atoms with E-state index in [0.717, 1.165) is 15.8 Å². The van der Waals surface area contributed by atoms with E-state index >= 15 is 0 Å². The zero-order chi connectivity index (χ0) is 18.3. The molecule has 1 aliphatic rings. The van der Waals surface area contributed by atoms with Gasteiger partial charge < -0.3 is 0 Å². The molecule has 0 radical (unpaired) electrons. The number of anilines is 2. The van der Waals surface area contributed by atoms with E-state index in [1.807, 2.05) is 31.2 Å². The number of aryl methyl sites for hydroxylation is 1. The van der Waals surface area contributed by atoms with Crippen LogP contribution in [-0.2, 0) is 9.59 Å². The summed E-state index contributed by atoms with van der Waals surface area (Å²) in [6.07, 6.45) is 0.0821. The number of benzene rings is 2. The van der Waals surface area contributed by atoms with Crippen LogP contribution in [0.3, 0.4) is 0 Å². The first kappa shape index (κ1) is 17.0. The van der Waals surface area contributed by atoms with Gasteiger partial charge in [-0.15, -0.1) is 0 Å². The number of carbonyl (C=O) groups excluding carboxylic acids is 2. The maximum atomic E-state index is 12.7. The summed E-state index contributed by atoms with van der Waals surface area (Å²) in [5, 5.41) is 1.21. The van der Waals surface area contributed by atoms with Gasteiger partial charge in [0.25, 0.3) is 5.91 Å². The van der Waals surface area contributed by atoms with E-state index in [9.17, 15) is 9.59 Å². The number of carbonyl (C=O) groups is 2. The fraction of sp³-hybridized carbons (Fsp3) is 0.167. The molecule has 132 valence electrons. The van der Waals surface area contributed by atoms with Gasteiger partial charge in [0.05, 0.1) is 22.3 Å². The molecule has 6 nitrogen and oxygen atoms in total. The largest absolute Gasteiger partial charge is 0.296 e.